The zero-order valence-corrected chi connectivity index (χ0v) is 17.6. The number of benzene rings is 1. The van der Waals surface area contributed by atoms with Crippen molar-refractivity contribution in [1.82, 2.24) is 15.3 Å². The van der Waals surface area contributed by atoms with Gasteiger partial charge < -0.3 is 19.7 Å². The van der Waals surface area contributed by atoms with Crippen LogP contribution >= 0.6 is 0 Å². The number of esters is 1. The summed E-state index contributed by atoms with van der Waals surface area (Å²) in [5.74, 6) is -1.77. The fourth-order valence-electron chi connectivity index (χ4n) is 3.27. The Bertz CT molecular complexity index is 1010. The van der Waals surface area contributed by atoms with E-state index in [-0.39, 0.29) is 23.9 Å². The molecule has 1 aliphatic heterocycles. The lowest BCUT2D eigenvalue weighted by Gasteiger charge is -2.21. The molecular weight excluding hydrogens is 430 g/mol. The van der Waals surface area contributed by atoms with Gasteiger partial charge in [0.2, 0.25) is 0 Å². The van der Waals surface area contributed by atoms with Crippen LogP contribution in [0, 0.1) is 12.8 Å². The highest BCUT2D eigenvalue weighted by Gasteiger charge is 2.33. The van der Waals surface area contributed by atoms with Crippen LogP contribution in [-0.4, -0.2) is 40.0 Å². The van der Waals surface area contributed by atoms with Gasteiger partial charge in [0.05, 0.1) is 12.2 Å². The van der Waals surface area contributed by atoms with E-state index in [1.807, 2.05) is 0 Å². The number of rotatable bonds is 6. The minimum atomic E-state index is -4.57. The van der Waals surface area contributed by atoms with Gasteiger partial charge in [0.25, 0.3) is 5.91 Å². The maximum absolute atomic E-state index is 12.8. The molecule has 170 valence electrons. The van der Waals surface area contributed by atoms with Crippen molar-refractivity contribution in [2.75, 3.05) is 0 Å². The Morgan fingerprint density at radius 3 is 2.53 bits per heavy atom. The van der Waals surface area contributed by atoms with Gasteiger partial charge in [-0.3, -0.25) is 4.79 Å². The summed E-state index contributed by atoms with van der Waals surface area (Å²) < 4.78 is 48.0. The lowest BCUT2D eigenvalue weighted by Crippen LogP contribution is -2.46. The van der Waals surface area contributed by atoms with E-state index in [9.17, 15) is 27.8 Å². The first-order valence-electron chi connectivity index (χ1n) is 9.76. The largest absolute Gasteiger partial charge is 0.492 e. The number of hydrogen-bond acceptors (Lipinski definition) is 7. The molecule has 0 saturated heterocycles. The number of alkyl halides is 3. The third-order valence-electron chi connectivity index (χ3n) is 5.08. The van der Waals surface area contributed by atoms with Crippen molar-refractivity contribution < 1.29 is 37.2 Å². The van der Waals surface area contributed by atoms with Crippen LogP contribution in [0.4, 0.5) is 13.2 Å². The van der Waals surface area contributed by atoms with Crippen molar-refractivity contribution in [2.24, 2.45) is 5.92 Å². The normalized spacial score (nSPS) is 14.3. The minimum Gasteiger partial charge on any atom is -0.456 e. The van der Waals surface area contributed by atoms with Crippen molar-refractivity contribution >= 4 is 24.5 Å². The molecule has 32 heavy (non-hydrogen) atoms. The number of hydrogen-bond donors (Lipinski definition) is 2. The first-order chi connectivity index (χ1) is 15.0. The molecule has 0 radical (unpaired) electrons. The van der Waals surface area contributed by atoms with E-state index in [4.69, 9.17) is 9.39 Å². The fraction of sp³-hybridized carbons (Fsp3) is 0.400. The van der Waals surface area contributed by atoms with Gasteiger partial charge in [-0.1, -0.05) is 19.9 Å². The first-order valence-corrected chi connectivity index (χ1v) is 9.76. The van der Waals surface area contributed by atoms with E-state index in [2.05, 4.69) is 15.3 Å². The van der Waals surface area contributed by atoms with Crippen molar-refractivity contribution in [3.8, 4) is 0 Å². The molecular formula is C20H21BF3N3O5. The average molecular weight is 451 g/mol. The number of carbonyl (C=O) groups is 2. The molecule has 0 saturated carbocycles. The van der Waals surface area contributed by atoms with Gasteiger partial charge in [0, 0.05) is 18.0 Å². The maximum Gasteiger partial charge on any atom is 0.492 e. The number of carbonyl (C=O) groups excluding carboxylic acids is 2. The Morgan fingerprint density at radius 1 is 1.28 bits per heavy atom. The van der Waals surface area contributed by atoms with Crippen LogP contribution in [0.25, 0.3) is 0 Å². The van der Waals surface area contributed by atoms with Gasteiger partial charge in [-0.05, 0) is 35.5 Å². The van der Waals surface area contributed by atoms with Crippen LogP contribution in [0.15, 0.2) is 24.5 Å². The van der Waals surface area contributed by atoms with Crippen LogP contribution in [0.5, 0.6) is 0 Å². The van der Waals surface area contributed by atoms with Crippen molar-refractivity contribution in [3.63, 3.8) is 0 Å². The molecule has 1 aromatic heterocycles. The number of aromatic nitrogens is 2. The first kappa shape index (κ1) is 23.7. The number of fused-ring (bicyclic) bond motifs is 1. The van der Waals surface area contributed by atoms with Gasteiger partial charge in [-0.15, -0.1) is 0 Å². The summed E-state index contributed by atoms with van der Waals surface area (Å²) in [6.45, 7) is 4.88. The Hall–Kier alpha value is -2.99. The molecule has 1 aromatic carbocycles. The van der Waals surface area contributed by atoms with Gasteiger partial charge in [-0.2, -0.15) is 13.2 Å². The second kappa shape index (κ2) is 9.25. The Balaban J connectivity index is 1.67. The quantitative estimate of drug-likeness (QED) is 0.506. The number of nitrogens with zero attached hydrogens (tertiary/aromatic N) is 2. The van der Waals surface area contributed by atoms with Gasteiger partial charge >= 0.3 is 19.3 Å². The van der Waals surface area contributed by atoms with Crippen LogP contribution < -0.4 is 10.8 Å². The van der Waals surface area contributed by atoms with Gasteiger partial charge in [0.1, 0.15) is 6.04 Å². The highest BCUT2D eigenvalue weighted by Crippen LogP contribution is 2.27. The van der Waals surface area contributed by atoms with Crippen molar-refractivity contribution in [2.45, 2.75) is 46.2 Å². The summed E-state index contributed by atoms with van der Waals surface area (Å²) in [4.78, 5) is 32.5. The van der Waals surface area contributed by atoms with E-state index < -0.39 is 43.4 Å². The molecule has 8 nitrogen and oxygen atoms in total. The predicted octanol–water partition coefficient (Wildman–Crippen LogP) is 1.52. The van der Waals surface area contributed by atoms with Crippen LogP contribution in [0.2, 0.25) is 0 Å². The van der Waals surface area contributed by atoms with Gasteiger partial charge in [0.15, 0.2) is 12.4 Å². The van der Waals surface area contributed by atoms with E-state index in [0.29, 0.717) is 23.4 Å². The third kappa shape index (κ3) is 5.08. The lowest BCUT2D eigenvalue weighted by molar-refractivity contribution is -0.149. The molecule has 0 bridgehead atoms. The number of amides is 1. The van der Waals surface area contributed by atoms with E-state index in [1.54, 1.807) is 32.9 Å². The summed E-state index contributed by atoms with van der Waals surface area (Å²) in [6, 6.07) is 2.24. The van der Waals surface area contributed by atoms with Crippen molar-refractivity contribution in [1.29, 1.82) is 0 Å². The topological polar surface area (TPSA) is 111 Å². The summed E-state index contributed by atoms with van der Waals surface area (Å²) in [5, 5.41) is 12.6. The second-order valence-electron chi connectivity index (χ2n) is 7.66. The molecule has 1 atom stereocenters. The molecule has 2 aromatic rings. The predicted molar refractivity (Wildman–Crippen MR) is 106 cm³/mol. The molecule has 0 aliphatic carbocycles. The molecule has 3 rings (SSSR count). The average Bonchev–Trinajstić information content (AvgIpc) is 3.11. The van der Waals surface area contributed by atoms with Crippen LogP contribution in [-0.2, 0) is 33.6 Å². The minimum absolute atomic E-state index is 0.108. The Morgan fingerprint density at radius 2 is 1.94 bits per heavy atom. The third-order valence-corrected chi connectivity index (χ3v) is 5.08. The highest BCUT2D eigenvalue weighted by atomic mass is 19.4. The summed E-state index contributed by atoms with van der Waals surface area (Å²) in [6.07, 6.45) is -3.36. The maximum atomic E-state index is 12.8. The van der Waals surface area contributed by atoms with Crippen LogP contribution in [0.1, 0.15) is 46.7 Å². The smallest absolute Gasteiger partial charge is 0.456 e. The summed E-state index contributed by atoms with van der Waals surface area (Å²) in [7, 11) is -1.12. The summed E-state index contributed by atoms with van der Waals surface area (Å²) in [5.41, 5.74) is 1.11. The molecule has 2 N–H and O–H groups in total. The SMILES string of the molecule is Cc1c(C(=O)N[C@H](C(=O)OCc2ncc(C(F)(F)F)cn2)C(C)C)ccc2c1B(O)OC2. The summed E-state index contributed by atoms with van der Waals surface area (Å²) >= 11 is 0. The van der Waals surface area contributed by atoms with Crippen LogP contribution in [0.3, 0.4) is 0 Å². The second-order valence-corrected chi connectivity index (χ2v) is 7.66. The zero-order chi connectivity index (χ0) is 23.6. The molecule has 1 aliphatic rings. The van der Waals surface area contributed by atoms with E-state index in [1.165, 1.54) is 0 Å². The fourth-order valence-corrected chi connectivity index (χ4v) is 3.27. The monoisotopic (exact) mass is 451 g/mol. The van der Waals surface area contributed by atoms with Crippen molar-refractivity contribution in [3.05, 3.63) is 52.6 Å². The Labute approximate surface area is 182 Å². The zero-order valence-electron chi connectivity index (χ0n) is 17.6. The Kier molecular flexibility index (Phi) is 6.84. The molecule has 0 spiro atoms. The number of halogens is 3. The molecule has 2 heterocycles. The van der Waals surface area contributed by atoms with Gasteiger partial charge in [-0.25, -0.2) is 14.8 Å². The molecule has 1 amide bonds. The number of ether oxygens (including phenoxy) is 1. The molecule has 0 fully saturated rings. The highest BCUT2D eigenvalue weighted by molar-refractivity contribution is 6.62. The molecule has 0 unspecified atom stereocenters. The standard InChI is InChI=1S/C20H21BF3N3O5/c1-10(2)17(19(29)31-9-15-25-6-13(7-26-15)20(22,23)24)27-18(28)14-5-4-12-8-32-21(30)16(12)11(14)3/h4-7,10,17,30H,8-9H2,1-3H3,(H,27,28)/t17-/m0/s1. The number of nitrogens with one attached hydrogen (secondary N) is 1. The lowest BCUT2D eigenvalue weighted by atomic mass is 9.75. The van der Waals surface area contributed by atoms with E-state index >= 15 is 0 Å². The van der Waals surface area contributed by atoms with E-state index in [0.717, 1.165) is 5.56 Å². The molecule has 12 heteroatoms.